The molecule has 0 saturated carbocycles. The van der Waals surface area contributed by atoms with Crippen molar-refractivity contribution in [2.24, 2.45) is 12.8 Å². The van der Waals surface area contributed by atoms with Gasteiger partial charge in [0, 0.05) is 19.2 Å². The Bertz CT molecular complexity index is 496. The molecular weight excluding hydrogens is 238 g/mol. The molecule has 0 aliphatic rings. The molecule has 0 bridgehead atoms. The van der Waals surface area contributed by atoms with E-state index in [4.69, 9.17) is 10.5 Å². The van der Waals surface area contributed by atoms with E-state index in [2.05, 4.69) is 5.10 Å². The van der Waals surface area contributed by atoms with E-state index in [-0.39, 0.29) is 12.4 Å². The fourth-order valence-corrected chi connectivity index (χ4v) is 1.74. The Morgan fingerprint density at radius 1 is 1.41 bits per heavy atom. The zero-order valence-electron chi connectivity index (χ0n) is 9.88. The van der Waals surface area contributed by atoms with Gasteiger partial charge in [0.25, 0.3) is 0 Å². The summed E-state index contributed by atoms with van der Waals surface area (Å²) >= 11 is 0. The molecule has 4 nitrogen and oxygen atoms in total. The highest BCUT2D eigenvalue weighted by Crippen LogP contribution is 2.26. The van der Waals surface area contributed by atoms with E-state index in [0.717, 1.165) is 22.6 Å². The van der Waals surface area contributed by atoms with Gasteiger partial charge in [-0.25, -0.2) is 0 Å². The van der Waals surface area contributed by atoms with E-state index in [1.165, 1.54) is 0 Å². The third kappa shape index (κ3) is 2.60. The van der Waals surface area contributed by atoms with E-state index in [9.17, 15) is 0 Å². The van der Waals surface area contributed by atoms with Crippen molar-refractivity contribution in [1.82, 2.24) is 9.78 Å². The highest BCUT2D eigenvalue weighted by Gasteiger charge is 2.09. The van der Waals surface area contributed by atoms with Gasteiger partial charge in [-0.3, -0.25) is 4.68 Å². The number of benzene rings is 1. The van der Waals surface area contributed by atoms with Crippen LogP contribution in [0.1, 0.15) is 5.69 Å². The van der Waals surface area contributed by atoms with Crippen molar-refractivity contribution >= 4 is 12.4 Å². The van der Waals surface area contributed by atoms with E-state index in [0.29, 0.717) is 6.54 Å². The second kappa shape index (κ2) is 5.70. The third-order valence-electron chi connectivity index (χ3n) is 2.64. The molecule has 2 rings (SSSR count). The SMILES string of the molecule is COc1cccc(-c2cnn(C)c2CN)c1.Cl. The Hall–Kier alpha value is -1.52. The smallest absolute Gasteiger partial charge is 0.119 e. The zero-order valence-corrected chi connectivity index (χ0v) is 10.7. The fraction of sp³-hybridized carbons (Fsp3) is 0.250. The lowest BCUT2D eigenvalue weighted by molar-refractivity contribution is 0.415. The van der Waals surface area contributed by atoms with Crippen LogP contribution in [0.3, 0.4) is 0 Å². The molecule has 0 unspecified atom stereocenters. The van der Waals surface area contributed by atoms with Crippen molar-refractivity contribution in [2.75, 3.05) is 7.11 Å². The molecule has 17 heavy (non-hydrogen) atoms. The van der Waals surface area contributed by atoms with Gasteiger partial charge in [0.05, 0.1) is 19.0 Å². The quantitative estimate of drug-likeness (QED) is 0.910. The largest absolute Gasteiger partial charge is 0.497 e. The second-order valence-corrected chi connectivity index (χ2v) is 3.56. The molecule has 5 heteroatoms. The van der Waals surface area contributed by atoms with E-state index >= 15 is 0 Å². The number of ether oxygens (including phenoxy) is 1. The molecule has 0 saturated heterocycles. The van der Waals surface area contributed by atoms with Gasteiger partial charge in [-0.15, -0.1) is 12.4 Å². The van der Waals surface area contributed by atoms with Gasteiger partial charge < -0.3 is 10.5 Å². The molecule has 0 spiro atoms. The molecule has 0 fully saturated rings. The number of hydrogen-bond donors (Lipinski definition) is 1. The minimum atomic E-state index is 0. The van der Waals surface area contributed by atoms with Crippen molar-refractivity contribution < 1.29 is 4.74 Å². The van der Waals surface area contributed by atoms with Crippen LogP contribution in [0.25, 0.3) is 11.1 Å². The van der Waals surface area contributed by atoms with E-state index in [1.807, 2.05) is 37.5 Å². The van der Waals surface area contributed by atoms with E-state index < -0.39 is 0 Å². The zero-order chi connectivity index (χ0) is 11.5. The molecule has 0 aliphatic carbocycles. The second-order valence-electron chi connectivity index (χ2n) is 3.56. The molecule has 0 atom stereocenters. The summed E-state index contributed by atoms with van der Waals surface area (Å²) in [6, 6.07) is 7.89. The maximum absolute atomic E-state index is 5.71. The monoisotopic (exact) mass is 253 g/mol. The number of aromatic nitrogens is 2. The average Bonchev–Trinajstić information content (AvgIpc) is 2.70. The normalized spacial score (nSPS) is 9.82. The Balaban J connectivity index is 0.00000144. The van der Waals surface area contributed by atoms with Crippen molar-refractivity contribution in [1.29, 1.82) is 0 Å². The first-order chi connectivity index (χ1) is 7.76. The molecule has 1 aromatic heterocycles. The molecule has 0 radical (unpaired) electrons. The van der Waals surface area contributed by atoms with Crippen LogP contribution in [0.15, 0.2) is 30.5 Å². The minimum absolute atomic E-state index is 0. The molecular formula is C12H16ClN3O. The van der Waals surface area contributed by atoms with Gasteiger partial charge in [-0.05, 0) is 17.7 Å². The Morgan fingerprint density at radius 2 is 2.18 bits per heavy atom. The molecule has 2 N–H and O–H groups in total. The van der Waals surface area contributed by atoms with Crippen LogP contribution in [-0.4, -0.2) is 16.9 Å². The summed E-state index contributed by atoms with van der Waals surface area (Å²) < 4.78 is 7.00. The summed E-state index contributed by atoms with van der Waals surface area (Å²) in [6.45, 7) is 0.475. The first-order valence-corrected chi connectivity index (χ1v) is 5.11. The van der Waals surface area contributed by atoms with Crippen molar-refractivity contribution in [3.8, 4) is 16.9 Å². The van der Waals surface area contributed by atoms with Crippen molar-refractivity contribution in [3.63, 3.8) is 0 Å². The molecule has 1 heterocycles. The number of halogens is 1. The summed E-state index contributed by atoms with van der Waals surface area (Å²) in [5.41, 5.74) is 8.87. The van der Waals surface area contributed by atoms with Crippen LogP contribution in [0.4, 0.5) is 0 Å². The fourth-order valence-electron chi connectivity index (χ4n) is 1.74. The molecule has 0 aliphatic heterocycles. The number of nitrogens with zero attached hydrogens (tertiary/aromatic N) is 2. The predicted octanol–water partition coefficient (Wildman–Crippen LogP) is 1.98. The van der Waals surface area contributed by atoms with Gasteiger partial charge in [-0.1, -0.05) is 12.1 Å². The highest BCUT2D eigenvalue weighted by atomic mass is 35.5. The summed E-state index contributed by atoms with van der Waals surface area (Å²) in [5.74, 6) is 0.837. The maximum Gasteiger partial charge on any atom is 0.119 e. The number of aryl methyl sites for hydroxylation is 1. The predicted molar refractivity (Wildman–Crippen MR) is 70.3 cm³/mol. The summed E-state index contributed by atoms with van der Waals surface area (Å²) in [5, 5.41) is 4.22. The topological polar surface area (TPSA) is 53.1 Å². The van der Waals surface area contributed by atoms with Crippen LogP contribution in [0.5, 0.6) is 5.75 Å². The molecule has 2 aromatic rings. The number of hydrogen-bond acceptors (Lipinski definition) is 3. The Kier molecular flexibility index (Phi) is 4.54. The van der Waals surface area contributed by atoms with Crippen LogP contribution in [0.2, 0.25) is 0 Å². The van der Waals surface area contributed by atoms with Crippen LogP contribution >= 0.6 is 12.4 Å². The lowest BCUT2D eigenvalue weighted by atomic mass is 10.1. The van der Waals surface area contributed by atoms with Crippen LogP contribution in [0, 0.1) is 0 Å². The lowest BCUT2D eigenvalue weighted by Crippen LogP contribution is -2.05. The van der Waals surface area contributed by atoms with Crippen LogP contribution in [-0.2, 0) is 13.6 Å². The standard InChI is InChI=1S/C12H15N3O.ClH/c1-15-12(7-13)11(8-14-15)9-4-3-5-10(6-9)16-2;/h3-6,8H,7,13H2,1-2H3;1H. The number of rotatable bonds is 3. The van der Waals surface area contributed by atoms with Gasteiger partial charge in [0.1, 0.15) is 5.75 Å². The van der Waals surface area contributed by atoms with Crippen molar-refractivity contribution in [3.05, 3.63) is 36.2 Å². The van der Waals surface area contributed by atoms with Gasteiger partial charge in [0.15, 0.2) is 0 Å². The summed E-state index contributed by atoms with van der Waals surface area (Å²) in [6.07, 6.45) is 1.83. The van der Waals surface area contributed by atoms with Gasteiger partial charge in [-0.2, -0.15) is 5.10 Å². The first kappa shape index (κ1) is 13.5. The molecule has 0 amide bonds. The summed E-state index contributed by atoms with van der Waals surface area (Å²) in [4.78, 5) is 0. The average molecular weight is 254 g/mol. The number of methoxy groups -OCH3 is 1. The first-order valence-electron chi connectivity index (χ1n) is 5.11. The van der Waals surface area contributed by atoms with Gasteiger partial charge in [0.2, 0.25) is 0 Å². The lowest BCUT2D eigenvalue weighted by Gasteiger charge is -2.05. The Morgan fingerprint density at radius 3 is 2.82 bits per heavy atom. The van der Waals surface area contributed by atoms with E-state index in [1.54, 1.807) is 11.8 Å². The summed E-state index contributed by atoms with van der Waals surface area (Å²) in [7, 11) is 3.55. The van der Waals surface area contributed by atoms with Crippen LogP contribution < -0.4 is 10.5 Å². The number of nitrogens with two attached hydrogens (primary N) is 1. The Labute approximate surface area is 107 Å². The highest BCUT2D eigenvalue weighted by molar-refractivity contribution is 5.85. The minimum Gasteiger partial charge on any atom is -0.497 e. The van der Waals surface area contributed by atoms with Gasteiger partial charge >= 0.3 is 0 Å². The molecule has 1 aromatic carbocycles. The maximum atomic E-state index is 5.71. The van der Waals surface area contributed by atoms with Crippen molar-refractivity contribution in [2.45, 2.75) is 6.54 Å². The molecule has 92 valence electrons. The third-order valence-corrected chi connectivity index (χ3v) is 2.64.